The Morgan fingerprint density at radius 1 is 0.867 bits per heavy atom. The SMILES string of the molecule is Cc1ccc(S(=O)(=O)Nc2ccc(C(=O)NCc3ccc(C(C)C)cc3)cc2)cc1. The van der Waals surface area contributed by atoms with E-state index in [0.717, 1.165) is 11.1 Å². The number of amides is 1. The number of carbonyl (C=O) groups excluding carboxylic acids is 1. The van der Waals surface area contributed by atoms with Crippen LogP contribution < -0.4 is 10.0 Å². The Labute approximate surface area is 178 Å². The lowest BCUT2D eigenvalue weighted by atomic mass is 10.0. The fourth-order valence-corrected chi connectivity index (χ4v) is 3.98. The maximum absolute atomic E-state index is 12.5. The van der Waals surface area contributed by atoms with Gasteiger partial charge in [0.15, 0.2) is 0 Å². The zero-order valence-electron chi connectivity index (χ0n) is 17.3. The number of anilines is 1. The van der Waals surface area contributed by atoms with E-state index in [0.29, 0.717) is 23.7 Å². The van der Waals surface area contributed by atoms with E-state index in [9.17, 15) is 13.2 Å². The largest absolute Gasteiger partial charge is 0.348 e. The molecule has 30 heavy (non-hydrogen) atoms. The van der Waals surface area contributed by atoms with E-state index in [4.69, 9.17) is 0 Å². The van der Waals surface area contributed by atoms with Gasteiger partial charge >= 0.3 is 0 Å². The zero-order chi connectivity index (χ0) is 21.7. The van der Waals surface area contributed by atoms with Crippen molar-refractivity contribution in [3.8, 4) is 0 Å². The molecule has 0 saturated heterocycles. The van der Waals surface area contributed by atoms with Crippen LogP contribution in [0.5, 0.6) is 0 Å². The number of carbonyl (C=O) groups is 1. The lowest BCUT2D eigenvalue weighted by Gasteiger charge is -2.10. The minimum absolute atomic E-state index is 0.193. The van der Waals surface area contributed by atoms with Crippen LogP contribution in [0.25, 0.3) is 0 Å². The second-order valence-corrected chi connectivity index (χ2v) is 9.26. The molecule has 0 aliphatic rings. The minimum atomic E-state index is -3.67. The molecule has 0 aliphatic carbocycles. The van der Waals surface area contributed by atoms with E-state index >= 15 is 0 Å². The van der Waals surface area contributed by atoms with Crippen LogP contribution in [0.15, 0.2) is 77.7 Å². The summed E-state index contributed by atoms with van der Waals surface area (Å²) in [7, 11) is -3.67. The minimum Gasteiger partial charge on any atom is -0.348 e. The molecule has 2 N–H and O–H groups in total. The number of rotatable bonds is 7. The zero-order valence-corrected chi connectivity index (χ0v) is 18.2. The average molecular weight is 423 g/mol. The van der Waals surface area contributed by atoms with E-state index in [1.165, 1.54) is 5.56 Å². The van der Waals surface area contributed by atoms with Gasteiger partial charge in [0.1, 0.15) is 0 Å². The van der Waals surface area contributed by atoms with Gasteiger partial charge in [0.05, 0.1) is 4.90 Å². The van der Waals surface area contributed by atoms with Crippen molar-refractivity contribution >= 4 is 21.6 Å². The van der Waals surface area contributed by atoms with Crippen molar-refractivity contribution in [2.75, 3.05) is 4.72 Å². The van der Waals surface area contributed by atoms with Gasteiger partial charge in [-0.15, -0.1) is 0 Å². The first-order valence-corrected chi connectivity index (χ1v) is 11.3. The van der Waals surface area contributed by atoms with Crippen molar-refractivity contribution < 1.29 is 13.2 Å². The molecule has 0 atom stereocenters. The molecule has 0 unspecified atom stereocenters. The quantitative estimate of drug-likeness (QED) is 0.572. The van der Waals surface area contributed by atoms with Gasteiger partial charge in [0.25, 0.3) is 15.9 Å². The molecule has 0 spiro atoms. The van der Waals surface area contributed by atoms with E-state index < -0.39 is 10.0 Å². The molecule has 3 aromatic rings. The lowest BCUT2D eigenvalue weighted by molar-refractivity contribution is 0.0951. The Bertz CT molecular complexity index is 1100. The smallest absolute Gasteiger partial charge is 0.261 e. The average Bonchev–Trinajstić information content (AvgIpc) is 2.73. The van der Waals surface area contributed by atoms with Crippen molar-refractivity contribution in [2.45, 2.75) is 38.1 Å². The highest BCUT2D eigenvalue weighted by Gasteiger charge is 2.14. The number of hydrogen-bond acceptors (Lipinski definition) is 3. The molecule has 0 bridgehead atoms. The van der Waals surface area contributed by atoms with Gasteiger partial charge in [0.2, 0.25) is 0 Å². The van der Waals surface area contributed by atoms with Crippen LogP contribution in [0.3, 0.4) is 0 Å². The second-order valence-electron chi connectivity index (χ2n) is 7.57. The summed E-state index contributed by atoms with van der Waals surface area (Å²) in [6.07, 6.45) is 0. The molecule has 0 aliphatic heterocycles. The Kier molecular flexibility index (Phi) is 6.57. The van der Waals surface area contributed by atoms with E-state index in [1.54, 1.807) is 48.5 Å². The Morgan fingerprint density at radius 2 is 1.47 bits per heavy atom. The molecular weight excluding hydrogens is 396 g/mol. The van der Waals surface area contributed by atoms with E-state index in [-0.39, 0.29) is 10.8 Å². The molecule has 0 fully saturated rings. The van der Waals surface area contributed by atoms with E-state index in [1.807, 2.05) is 19.1 Å². The molecule has 0 heterocycles. The van der Waals surface area contributed by atoms with Crippen LogP contribution in [-0.2, 0) is 16.6 Å². The number of aryl methyl sites for hydroxylation is 1. The third-order valence-electron chi connectivity index (χ3n) is 4.83. The van der Waals surface area contributed by atoms with Gasteiger partial charge in [-0.3, -0.25) is 9.52 Å². The second kappa shape index (κ2) is 9.13. The molecule has 0 aromatic heterocycles. The van der Waals surface area contributed by atoms with Crippen LogP contribution in [0.1, 0.15) is 46.8 Å². The Morgan fingerprint density at radius 3 is 2.03 bits per heavy atom. The summed E-state index contributed by atoms with van der Waals surface area (Å²) in [5.41, 5.74) is 4.13. The number of benzene rings is 3. The van der Waals surface area contributed by atoms with Crippen molar-refractivity contribution in [2.24, 2.45) is 0 Å². The van der Waals surface area contributed by atoms with Crippen LogP contribution in [0.2, 0.25) is 0 Å². The highest BCUT2D eigenvalue weighted by atomic mass is 32.2. The lowest BCUT2D eigenvalue weighted by Crippen LogP contribution is -2.22. The highest BCUT2D eigenvalue weighted by Crippen LogP contribution is 2.18. The summed E-state index contributed by atoms with van der Waals surface area (Å²) >= 11 is 0. The van der Waals surface area contributed by atoms with Crippen LogP contribution in [0.4, 0.5) is 5.69 Å². The monoisotopic (exact) mass is 422 g/mol. The molecule has 6 heteroatoms. The van der Waals surface area contributed by atoms with Gasteiger partial charge in [0, 0.05) is 17.8 Å². The highest BCUT2D eigenvalue weighted by molar-refractivity contribution is 7.92. The van der Waals surface area contributed by atoms with Gasteiger partial charge in [-0.1, -0.05) is 55.8 Å². The molecule has 0 saturated carbocycles. The van der Waals surface area contributed by atoms with Crippen LogP contribution >= 0.6 is 0 Å². The predicted molar refractivity (Wildman–Crippen MR) is 120 cm³/mol. The third-order valence-corrected chi connectivity index (χ3v) is 6.23. The Balaban J connectivity index is 1.60. The summed E-state index contributed by atoms with van der Waals surface area (Å²) in [4.78, 5) is 12.6. The molecule has 5 nitrogen and oxygen atoms in total. The fraction of sp³-hybridized carbons (Fsp3) is 0.208. The predicted octanol–water partition coefficient (Wildman–Crippen LogP) is 4.85. The molecule has 156 valence electrons. The third kappa shape index (κ3) is 5.48. The summed E-state index contributed by atoms with van der Waals surface area (Å²) in [6, 6.07) is 21.2. The van der Waals surface area contributed by atoms with Gasteiger partial charge < -0.3 is 5.32 Å². The number of hydrogen-bond donors (Lipinski definition) is 2. The molecule has 3 rings (SSSR count). The van der Waals surface area contributed by atoms with Gasteiger partial charge in [-0.2, -0.15) is 0 Å². The summed E-state index contributed by atoms with van der Waals surface area (Å²) in [5.74, 6) is 0.256. The number of sulfonamides is 1. The number of nitrogens with one attached hydrogen (secondary N) is 2. The van der Waals surface area contributed by atoms with Crippen LogP contribution in [0, 0.1) is 6.92 Å². The van der Waals surface area contributed by atoms with Gasteiger partial charge in [-0.25, -0.2) is 8.42 Å². The van der Waals surface area contributed by atoms with Crippen molar-refractivity contribution in [1.82, 2.24) is 5.32 Å². The normalized spacial score (nSPS) is 11.3. The standard InChI is InChI=1S/C24H26N2O3S/c1-17(2)20-8-6-19(7-9-20)16-25-24(27)21-10-12-22(13-11-21)26-30(28,29)23-14-4-18(3)5-15-23/h4-15,17,26H,16H2,1-3H3,(H,25,27). The summed E-state index contributed by atoms with van der Waals surface area (Å²) in [5, 5.41) is 2.89. The van der Waals surface area contributed by atoms with Crippen LogP contribution in [-0.4, -0.2) is 14.3 Å². The maximum Gasteiger partial charge on any atom is 0.261 e. The first-order chi connectivity index (χ1) is 14.2. The van der Waals surface area contributed by atoms with Crippen molar-refractivity contribution in [1.29, 1.82) is 0 Å². The Hall–Kier alpha value is -3.12. The fourth-order valence-electron chi connectivity index (χ4n) is 2.93. The molecule has 0 radical (unpaired) electrons. The van der Waals surface area contributed by atoms with Crippen molar-refractivity contribution in [3.05, 3.63) is 95.1 Å². The molecular formula is C24H26N2O3S. The van der Waals surface area contributed by atoms with E-state index in [2.05, 4.69) is 36.0 Å². The molecule has 3 aromatic carbocycles. The van der Waals surface area contributed by atoms with Crippen molar-refractivity contribution in [3.63, 3.8) is 0 Å². The summed E-state index contributed by atoms with van der Waals surface area (Å²) < 4.78 is 27.5. The summed E-state index contributed by atoms with van der Waals surface area (Å²) in [6.45, 7) is 6.61. The maximum atomic E-state index is 12.5. The first-order valence-electron chi connectivity index (χ1n) is 9.81. The topological polar surface area (TPSA) is 75.3 Å². The van der Waals surface area contributed by atoms with Gasteiger partial charge in [-0.05, 0) is 60.4 Å². The first kappa shape index (κ1) is 21.6. The molecule has 1 amide bonds.